The van der Waals surface area contributed by atoms with Crippen molar-refractivity contribution in [1.29, 1.82) is 0 Å². The fraction of sp³-hybridized carbons (Fsp3) is 0.909. The minimum absolute atomic E-state index is 0.109. The van der Waals surface area contributed by atoms with Gasteiger partial charge in [-0.05, 0) is 32.9 Å². The average Bonchev–Trinajstić information content (AvgIpc) is 2.30. The van der Waals surface area contributed by atoms with E-state index in [2.05, 4.69) is 4.90 Å². The summed E-state index contributed by atoms with van der Waals surface area (Å²) in [5.74, 6) is 0.346. The second-order valence-corrected chi connectivity index (χ2v) is 4.45. The number of hydrogen-bond donors (Lipinski definition) is 1. The Hall–Kier alpha value is -0.450. The molecule has 0 aromatic rings. The maximum absolute atomic E-state index is 12.2. The molecule has 4 nitrogen and oxygen atoms in total. The van der Waals surface area contributed by atoms with Crippen molar-refractivity contribution in [2.45, 2.75) is 25.3 Å². The highest BCUT2D eigenvalue weighted by molar-refractivity contribution is 5.92. The number of Topliss-reactive ketones (excluding diaryl/α,β-unsaturated/α-hetero) is 1. The monoisotopic (exact) mass is 213 g/mol. The van der Waals surface area contributed by atoms with E-state index in [1.807, 2.05) is 6.92 Å². The fourth-order valence-corrected chi connectivity index (χ4v) is 2.76. The standard InChI is InChI=1S/C11H19NO3/c1-2-15-8-11(7-13)10(14)9-3-5-12(11)6-4-9/h9,13H,2-8H2,1H3. The Bertz CT molecular complexity index is 248. The summed E-state index contributed by atoms with van der Waals surface area (Å²) in [6.07, 6.45) is 1.90. The lowest BCUT2D eigenvalue weighted by Gasteiger charge is -2.51. The molecule has 0 radical (unpaired) electrons. The average molecular weight is 213 g/mol. The first-order chi connectivity index (χ1) is 7.24. The van der Waals surface area contributed by atoms with E-state index < -0.39 is 5.54 Å². The van der Waals surface area contributed by atoms with Gasteiger partial charge in [0.25, 0.3) is 0 Å². The molecule has 0 aliphatic carbocycles. The van der Waals surface area contributed by atoms with Crippen molar-refractivity contribution in [2.75, 3.05) is 32.9 Å². The molecule has 3 rings (SSSR count). The van der Waals surface area contributed by atoms with Gasteiger partial charge in [0.15, 0.2) is 5.78 Å². The van der Waals surface area contributed by atoms with E-state index in [0.29, 0.717) is 13.2 Å². The summed E-state index contributed by atoms with van der Waals surface area (Å²) in [6, 6.07) is 0. The lowest BCUT2D eigenvalue weighted by Crippen LogP contribution is -2.69. The van der Waals surface area contributed by atoms with Crippen LogP contribution in [0.3, 0.4) is 0 Å². The van der Waals surface area contributed by atoms with Crippen molar-refractivity contribution < 1.29 is 14.6 Å². The van der Waals surface area contributed by atoms with Crippen molar-refractivity contribution >= 4 is 5.78 Å². The number of ether oxygens (including phenoxy) is 1. The zero-order chi connectivity index (χ0) is 10.9. The highest BCUT2D eigenvalue weighted by Gasteiger charge is 2.52. The van der Waals surface area contributed by atoms with Crippen LogP contribution < -0.4 is 0 Å². The smallest absolute Gasteiger partial charge is 0.160 e. The van der Waals surface area contributed by atoms with Crippen LogP contribution in [0.15, 0.2) is 0 Å². The first-order valence-electron chi connectivity index (χ1n) is 5.72. The molecule has 86 valence electrons. The first-order valence-corrected chi connectivity index (χ1v) is 5.72. The van der Waals surface area contributed by atoms with Gasteiger partial charge in [-0.3, -0.25) is 9.69 Å². The number of ketones is 1. The van der Waals surface area contributed by atoms with Crippen molar-refractivity contribution in [2.24, 2.45) is 5.92 Å². The van der Waals surface area contributed by atoms with Crippen molar-refractivity contribution in [1.82, 2.24) is 4.90 Å². The molecule has 0 amide bonds. The summed E-state index contributed by atoms with van der Waals surface area (Å²) in [7, 11) is 0. The van der Waals surface area contributed by atoms with E-state index >= 15 is 0 Å². The Morgan fingerprint density at radius 2 is 2.20 bits per heavy atom. The normalized spacial score (nSPS) is 39.7. The molecule has 1 N–H and O–H groups in total. The van der Waals surface area contributed by atoms with Crippen LogP contribution in [0.1, 0.15) is 19.8 Å². The molecule has 0 spiro atoms. The molecular formula is C11H19NO3. The van der Waals surface area contributed by atoms with E-state index in [9.17, 15) is 9.90 Å². The van der Waals surface area contributed by atoms with Crippen LogP contribution in [-0.2, 0) is 9.53 Å². The topological polar surface area (TPSA) is 49.8 Å². The van der Waals surface area contributed by atoms with Gasteiger partial charge in [0.1, 0.15) is 5.54 Å². The van der Waals surface area contributed by atoms with Crippen LogP contribution in [0.2, 0.25) is 0 Å². The number of nitrogens with zero attached hydrogens (tertiary/aromatic N) is 1. The lowest BCUT2D eigenvalue weighted by molar-refractivity contribution is -0.159. The van der Waals surface area contributed by atoms with Crippen molar-refractivity contribution in [3.8, 4) is 0 Å². The zero-order valence-corrected chi connectivity index (χ0v) is 9.24. The maximum Gasteiger partial charge on any atom is 0.160 e. The van der Waals surface area contributed by atoms with E-state index in [4.69, 9.17) is 4.74 Å². The predicted molar refractivity (Wildman–Crippen MR) is 55.6 cm³/mol. The molecule has 0 aromatic carbocycles. The quantitative estimate of drug-likeness (QED) is 0.717. The van der Waals surface area contributed by atoms with E-state index in [0.717, 1.165) is 25.9 Å². The summed E-state index contributed by atoms with van der Waals surface area (Å²) in [5.41, 5.74) is -0.725. The molecule has 3 aliphatic rings. The molecule has 15 heavy (non-hydrogen) atoms. The molecule has 3 saturated heterocycles. The summed E-state index contributed by atoms with van der Waals surface area (Å²) >= 11 is 0. The van der Waals surface area contributed by atoms with Crippen molar-refractivity contribution in [3.05, 3.63) is 0 Å². The summed E-state index contributed by atoms with van der Waals surface area (Å²) in [6.45, 7) is 4.57. The number of hydrogen-bond acceptors (Lipinski definition) is 4. The lowest BCUT2D eigenvalue weighted by atomic mass is 9.74. The number of aliphatic hydroxyl groups excluding tert-OH is 1. The van der Waals surface area contributed by atoms with E-state index in [-0.39, 0.29) is 18.3 Å². The summed E-state index contributed by atoms with van der Waals surface area (Å²) in [4.78, 5) is 14.3. The number of fused-ring (bicyclic) bond motifs is 3. The third-order valence-electron chi connectivity index (χ3n) is 3.74. The molecule has 0 aromatic heterocycles. The minimum atomic E-state index is -0.725. The highest BCUT2D eigenvalue weighted by Crippen LogP contribution is 2.36. The molecule has 0 saturated carbocycles. The van der Waals surface area contributed by atoms with Gasteiger partial charge in [-0.2, -0.15) is 0 Å². The molecule has 2 bridgehead atoms. The molecule has 1 unspecified atom stereocenters. The number of carbonyl (C=O) groups is 1. The summed E-state index contributed by atoms with van der Waals surface area (Å²) < 4.78 is 5.37. The van der Waals surface area contributed by atoms with Gasteiger partial charge >= 0.3 is 0 Å². The molecule has 3 aliphatic heterocycles. The second kappa shape index (κ2) is 4.20. The van der Waals surface area contributed by atoms with Gasteiger partial charge in [-0.25, -0.2) is 0 Å². The van der Waals surface area contributed by atoms with Crippen LogP contribution in [0.5, 0.6) is 0 Å². The van der Waals surface area contributed by atoms with Crippen molar-refractivity contribution in [3.63, 3.8) is 0 Å². The molecular weight excluding hydrogens is 194 g/mol. The third-order valence-corrected chi connectivity index (χ3v) is 3.74. The Morgan fingerprint density at radius 3 is 2.67 bits per heavy atom. The number of carbonyl (C=O) groups excluding carboxylic acids is 1. The number of piperidine rings is 3. The Labute approximate surface area is 90.2 Å². The maximum atomic E-state index is 12.2. The number of aliphatic hydroxyl groups is 1. The minimum Gasteiger partial charge on any atom is -0.394 e. The zero-order valence-electron chi connectivity index (χ0n) is 9.24. The Kier molecular flexibility index (Phi) is 3.09. The van der Waals surface area contributed by atoms with Gasteiger partial charge in [0, 0.05) is 12.5 Å². The van der Waals surface area contributed by atoms with Gasteiger partial charge in [-0.15, -0.1) is 0 Å². The van der Waals surface area contributed by atoms with Gasteiger partial charge in [-0.1, -0.05) is 0 Å². The molecule has 3 heterocycles. The third kappa shape index (κ3) is 1.61. The van der Waals surface area contributed by atoms with Gasteiger partial charge in [0.05, 0.1) is 13.2 Å². The predicted octanol–water partition coefficient (Wildman–Crippen LogP) is 0.0487. The largest absolute Gasteiger partial charge is 0.394 e. The van der Waals surface area contributed by atoms with Crippen LogP contribution in [0.4, 0.5) is 0 Å². The number of rotatable bonds is 4. The second-order valence-electron chi connectivity index (χ2n) is 4.45. The van der Waals surface area contributed by atoms with Crippen LogP contribution in [0.25, 0.3) is 0 Å². The Balaban J connectivity index is 2.18. The SMILES string of the molecule is CCOCC1(CO)C(=O)C2CCN1CC2. The molecule has 4 heteroatoms. The molecule has 3 fully saturated rings. The molecule has 1 atom stereocenters. The highest BCUT2D eigenvalue weighted by atomic mass is 16.5. The van der Waals surface area contributed by atoms with Crippen LogP contribution >= 0.6 is 0 Å². The van der Waals surface area contributed by atoms with Crippen LogP contribution in [0, 0.1) is 5.92 Å². The first kappa shape index (κ1) is 11.0. The van der Waals surface area contributed by atoms with Crippen LogP contribution in [-0.4, -0.2) is 54.2 Å². The van der Waals surface area contributed by atoms with E-state index in [1.165, 1.54) is 0 Å². The fourth-order valence-electron chi connectivity index (χ4n) is 2.76. The van der Waals surface area contributed by atoms with Gasteiger partial charge < -0.3 is 9.84 Å². The van der Waals surface area contributed by atoms with E-state index in [1.54, 1.807) is 0 Å². The summed E-state index contributed by atoms with van der Waals surface area (Å²) in [5, 5.41) is 9.52. The van der Waals surface area contributed by atoms with Gasteiger partial charge in [0.2, 0.25) is 0 Å². The Morgan fingerprint density at radius 1 is 1.53 bits per heavy atom.